The fraction of sp³-hybridized carbons (Fsp3) is 0.660. The van der Waals surface area contributed by atoms with E-state index in [0.717, 1.165) is 14.5 Å². The molecule has 3 aliphatic heterocycles. The Kier molecular flexibility index (Phi) is 19.4. The van der Waals surface area contributed by atoms with Crippen LogP contribution >= 0.6 is 7.75 Å². The van der Waals surface area contributed by atoms with Gasteiger partial charge in [0, 0.05) is 47.9 Å². The number of benzene rings is 1. The first-order chi connectivity index (χ1) is 36.6. The van der Waals surface area contributed by atoms with E-state index in [2.05, 4.69) is 35.9 Å². The van der Waals surface area contributed by atoms with Crippen molar-refractivity contribution in [2.45, 2.75) is 192 Å². The number of nitrogens with zero attached hydrogens (tertiary/aromatic N) is 7. The van der Waals surface area contributed by atoms with Crippen molar-refractivity contribution in [3.63, 3.8) is 0 Å². The molecule has 2 fully saturated rings. The van der Waals surface area contributed by atoms with Gasteiger partial charge in [0.05, 0.1) is 43.6 Å². The highest BCUT2D eigenvalue weighted by Gasteiger charge is 2.67. The third-order valence-corrected chi connectivity index (χ3v) is 27.2. The molecule has 2 unspecified atom stereocenters. The van der Waals surface area contributed by atoms with Crippen LogP contribution in [-0.2, 0) is 64.3 Å². The summed E-state index contributed by atoms with van der Waals surface area (Å²) in [4.78, 5) is 71.2. The fourth-order valence-electron chi connectivity index (χ4n) is 8.98. The SMILES string of the molecule is COC(=O)C(C)NP(=O)(OC[C@H]1O[C@@H](n2cc(C)c(=O)n(CCCCCCn3c(=O)c(C)cn([C@@H]4O[C@H](CO[Si](C)(C)C(C)(C)C)[C@@]5(OS(=O)(=O)C=C5N)[C@H]4O[Si](C)(C)C(C)(C)C)c3=O)c2=O)C[C@@H]1N=[N+]=[N-])Oc1ccccc1. The van der Waals surface area contributed by atoms with Crippen LogP contribution in [0.15, 0.2) is 78.1 Å². The summed E-state index contributed by atoms with van der Waals surface area (Å²) in [5.74, 6) is -0.574. The summed E-state index contributed by atoms with van der Waals surface area (Å²) in [6, 6.07) is 6.04. The number of ether oxygens (including phenoxy) is 3. The molecule has 3 N–H and O–H groups in total. The first-order valence-electron chi connectivity index (χ1n) is 26.2. The summed E-state index contributed by atoms with van der Waals surface area (Å²) in [5, 5.41) is 6.61. The second-order valence-electron chi connectivity index (χ2n) is 23.4. The smallest absolute Gasteiger partial charge is 0.459 e. The van der Waals surface area contributed by atoms with Crippen molar-refractivity contribution in [1.29, 1.82) is 0 Å². The van der Waals surface area contributed by atoms with Crippen LogP contribution < -0.4 is 37.8 Å². The molecule has 0 amide bonds. The predicted octanol–water partition coefficient (Wildman–Crippen LogP) is 6.74. The van der Waals surface area contributed by atoms with Crippen molar-refractivity contribution in [3.05, 3.63) is 117 Å². The Morgan fingerprint density at radius 2 is 1.46 bits per heavy atom. The van der Waals surface area contributed by atoms with Gasteiger partial charge in [0.2, 0.25) is 0 Å². The first-order valence-corrected chi connectivity index (χ1v) is 35.1. The molecule has 6 rings (SSSR count). The van der Waals surface area contributed by atoms with E-state index in [9.17, 15) is 42.5 Å². The second kappa shape index (κ2) is 24.2. The number of esters is 1. The second-order valence-corrected chi connectivity index (χ2v) is 36.0. The van der Waals surface area contributed by atoms with E-state index in [1.165, 1.54) is 47.7 Å². The van der Waals surface area contributed by atoms with Gasteiger partial charge in [-0.2, -0.15) is 13.5 Å². The van der Waals surface area contributed by atoms with Crippen LogP contribution in [0.25, 0.3) is 10.4 Å². The summed E-state index contributed by atoms with van der Waals surface area (Å²) in [6.45, 7) is 24.1. The third kappa shape index (κ3) is 13.9. The summed E-state index contributed by atoms with van der Waals surface area (Å²) in [5.41, 5.74) is 12.0. The van der Waals surface area contributed by atoms with Gasteiger partial charge in [0.1, 0.15) is 30.2 Å². The van der Waals surface area contributed by atoms with Gasteiger partial charge in [-0.1, -0.05) is 77.7 Å². The highest BCUT2D eigenvalue weighted by Crippen LogP contribution is 2.52. The number of aryl methyl sites for hydroxylation is 2. The van der Waals surface area contributed by atoms with Gasteiger partial charge in [-0.25, -0.2) is 18.3 Å². The minimum Gasteiger partial charge on any atom is -0.468 e. The highest BCUT2D eigenvalue weighted by atomic mass is 32.2. The van der Waals surface area contributed by atoms with Crippen molar-refractivity contribution in [2.75, 3.05) is 20.3 Å². The number of azide groups is 1. The Balaban J connectivity index is 1.18. The minimum atomic E-state index is -4.34. The Hall–Kier alpha value is -4.97. The predicted molar refractivity (Wildman–Crippen MR) is 299 cm³/mol. The number of rotatable bonds is 23. The van der Waals surface area contributed by atoms with Crippen LogP contribution in [-0.4, -0.2) is 106 Å². The number of nitrogens with one attached hydrogen (secondary N) is 1. The molecule has 0 radical (unpaired) electrons. The summed E-state index contributed by atoms with van der Waals surface area (Å²) in [7, 11) is -12.8. The van der Waals surface area contributed by atoms with Crippen molar-refractivity contribution < 1.29 is 54.1 Å². The Bertz CT molecular complexity index is 3220. The lowest BCUT2D eigenvalue weighted by Crippen LogP contribution is -2.59. The molecule has 5 heterocycles. The van der Waals surface area contributed by atoms with Crippen LogP contribution in [0, 0.1) is 13.8 Å². The topological polar surface area (TPSA) is 317 Å². The zero-order chi connectivity index (χ0) is 58.8. The number of para-hydroxylation sites is 1. The van der Waals surface area contributed by atoms with Gasteiger partial charge in [0.25, 0.3) is 21.2 Å². The molecule has 1 aromatic carbocycles. The normalized spacial score (nSPS) is 24.5. The molecule has 0 bridgehead atoms. The lowest BCUT2D eigenvalue weighted by Gasteiger charge is -2.43. The molecular formula is C50H78N9O16PSSi2. The van der Waals surface area contributed by atoms with E-state index in [0.29, 0.717) is 25.7 Å². The van der Waals surface area contributed by atoms with Gasteiger partial charge in [-0.3, -0.25) is 37.2 Å². The maximum absolute atomic E-state index is 14.7. The van der Waals surface area contributed by atoms with Crippen LogP contribution in [0.4, 0.5) is 0 Å². The van der Waals surface area contributed by atoms with E-state index < -0.39 is 123 Å². The molecule has 438 valence electrons. The van der Waals surface area contributed by atoms with E-state index in [1.54, 1.807) is 32.0 Å². The van der Waals surface area contributed by atoms with Crippen molar-refractivity contribution in [3.8, 4) is 5.75 Å². The standard InChI is InChI=1S/C50H78N9O16PSSi2/c1-32-27-58(40-26-36(53-55-52)37(71-40)29-69-76(65,54-34(3)45(62)68-10)73-35-22-18-17-19-23-35)46(63)56(42(32)60)24-20-15-16-21-25-57-43(61)33(2)28-59(47(57)64)44-41(74-79(13,14)49(7,8)9)50(38(51)31-77(66,67)75-50)39(72-44)30-70-78(11,12)48(4,5)6/h17-19,22-23,27-28,31,34,36-37,39-41,44H,15-16,20-21,24-26,29-30,51H2,1-14H3,(H,54,65)/t34?,36-,37+,39+,40+,41-,44+,50+,76?/m0/s1. The van der Waals surface area contributed by atoms with Gasteiger partial charge < -0.3 is 33.3 Å². The van der Waals surface area contributed by atoms with Crippen LogP contribution in [0.1, 0.15) is 104 Å². The van der Waals surface area contributed by atoms with Crippen molar-refractivity contribution in [1.82, 2.24) is 23.4 Å². The molecule has 29 heteroatoms. The Labute approximate surface area is 462 Å². The molecule has 2 aromatic heterocycles. The maximum Gasteiger partial charge on any atom is 0.459 e. The van der Waals surface area contributed by atoms with Gasteiger partial charge in [0.15, 0.2) is 28.5 Å². The number of nitrogens with two attached hydrogens (primary N) is 1. The molecule has 25 nitrogen and oxygen atoms in total. The van der Waals surface area contributed by atoms with Gasteiger partial charge in [-0.05, 0) is 87.5 Å². The molecule has 3 aliphatic rings. The number of methoxy groups -OCH3 is 1. The number of hydrogen-bond acceptors (Lipinski definition) is 18. The number of hydrogen-bond donors (Lipinski definition) is 2. The number of carbonyl (C=O) groups excluding carboxylic acids is 1. The summed E-state index contributed by atoms with van der Waals surface area (Å²) in [6.07, 6.45) is -1.51. The van der Waals surface area contributed by atoms with E-state index in [1.807, 2.05) is 47.0 Å². The van der Waals surface area contributed by atoms with E-state index >= 15 is 0 Å². The molecular weight excluding hydrogens is 1100 g/mol. The Morgan fingerprint density at radius 3 is 1.97 bits per heavy atom. The summed E-state index contributed by atoms with van der Waals surface area (Å²) < 4.78 is 94.2. The van der Waals surface area contributed by atoms with Crippen molar-refractivity contribution in [2.24, 2.45) is 10.8 Å². The lowest BCUT2D eigenvalue weighted by atomic mass is 9.89. The third-order valence-electron chi connectivity index (χ3n) is 15.6. The Morgan fingerprint density at radius 1 is 0.899 bits per heavy atom. The molecule has 0 aliphatic carbocycles. The molecule has 9 atom stereocenters. The largest absolute Gasteiger partial charge is 0.468 e. The van der Waals surface area contributed by atoms with Crippen LogP contribution in [0.3, 0.4) is 0 Å². The maximum atomic E-state index is 14.7. The lowest BCUT2D eigenvalue weighted by molar-refractivity contribution is -0.142. The van der Waals surface area contributed by atoms with E-state index in [4.69, 9.17) is 42.0 Å². The quantitative estimate of drug-likeness (QED) is 0.0145. The average Bonchev–Trinajstić information content (AvgIpc) is 4.22. The van der Waals surface area contributed by atoms with Crippen LogP contribution in [0.5, 0.6) is 5.75 Å². The first kappa shape index (κ1) is 63.2. The highest BCUT2D eigenvalue weighted by molar-refractivity contribution is 7.90. The van der Waals surface area contributed by atoms with Gasteiger partial charge in [-0.15, -0.1) is 0 Å². The molecule has 0 saturated carbocycles. The number of unbranched alkanes of at least 4 members (excludes halogenated alkanes) is 3. The van der Waals surface area contributed by atoms with E-state index in [-0.39, 0.29) is 53.7 Å². The zero-order valence-electron chi connectivity index (χ0n) is 47.6. The average molecular weight is 1180 g/mol. The van der Waals surface area contributed by atoms with Crippen molar-refractivity contribution >= 4 is 40.5 Å². The van der Waals surface area contributed by atoms with Gasteiger partial charge >= 0.3 is 25.1 Å². The molecule has 79 heavy (non-hydrogen) atoms. The minimum absolute atomic E-state index is 0.00565. The molecule has 1 spiro atoms. The number of aromatic nitrogens is 4. The van der Waals surface area contributed by atoms with Crippen LogP contribution in [0.2, 0.25) is 36.3 Å². The fourth-order valence-corrected chi connectivity index (χ4v) is 14.0. The zero-order valence-corrected chi connectivity index (χ0v) is 51.3. The summed E-state index contributed by atoms with van der Waals surface area (Å²) >= 11 is 0. The number of carbonyl (C=O) groups is 1. The molecule has 2 saturated heterocycles. The monoisotopic (exact) mass is 1180 g/mol. The molecule has 3 aromatic rings.